The molecule has 34 heavy (non-hydrogen) atoms. The number of nitrogens with two attached hydrogens (primary N) is 1. The second-order valence-corrected chi connectivity index (χ2v) is 11.3. The first-order valence-corrected chi connectivity index (χ1v) is 12.8. The summed E-state index contributed by atoms with van der Waals surface area (Å²) in [5.74, 6) is -0.837. The summed E-state index contributed by atoms with van der Waals surface area (Å²) in [6.07, 6.45) is 0. The summed E-state index contributed by atoms with van der Waals surface area (Å²) < 4.78 is 1.61. The smallest absolute Gasteiger partial charge is 0.282 e. The Morgan fingerprint density at radius 1 is 0.676 bits per heavy atom. The van der Waals surface area contributed by atoms with Crippen LogP contribution >= 0.6 is 7.26 Å². The molecule has 0 aliphatic rings. The molecule has 4 aromatic carbocycles. The summed E-state index contributed by atoms with van der Waals surface area (Å²) in [7, 11) is -2.71. The minimum absolute atomic E-state index is 0.491. The van der Waals surface area contributed by atoms with Gasteiger partial charge in [-0.1, -0.05) is 84.9 Å². The average Bonchev–Trinajstić information content (AvgIpc) is 3.38. The minimum Gasteiger partial charge on any atom is -0.364 e. The molecule has 7 heteroatoms. The van der Waals surface area contributed by atoms with Gasteiger partial charge in [0.25, 0.3) is 11.7 Å². The maximum absolute atomic E-state index is 13.5. The van der Waals surface area contributed by atoms with Crippen LogP contribution < -0.4 is 21.6 Å². The Labute approximate surface area is 198 Å². The lowest BCUT2D eigenvalue weighted by molar-refractivity contribution is -0.119. The molecule has 0 bridgehead atoms. The van der Waals surface area contributed by atoms with Gasteiger partial charge in [-0.05, 0) is 46.8 Å². The zero-order chi connectivity index (χ0) is 23.4. The molecular formula is C27H23N5OP+. The molecule has 1 amide bonds. The summed E-state index contributed by atoms with van der Waals surface area (Å²) in [5.41, 5.74) is 7.06. The Morgan fingerprint density at radius 3 is 1.50 bits per heavy atom. The number of rotatable bonds is 7. The fraction of sp³-hybridized carbons (Fsp3) is 0.0370. The van der Waals surface area contributed by atoms with Gasteiger partial charge < -0.3 is 5.73 Å². The molecule has 0 saturated carbocycles. The van der Waals surface area contributed by atoms with Gasteiger partial charge in [0.15, 0.2) is 5.82 Å². The number of aromatic nitrogens is 4. The molecule has 0 aliphatic heterocycles. The van der Waals surface area contributed by atoms with Gasteiger partial charge in [0, 0.05) is 5.56 Å². The van der Waals surface area contributed by atoms with Crippen molar-refractivity contribution < 1.29 is 4.79 Å². The van der Waals surface area contributed by atoms with Crippen LogP contribution in [0.5, 0.6) is 0 Å². The van der Waals surface area contributed by atoms with Gasteiger partial charge in [0.05, 0.1) is 0 Å². The van der Waals surface area contributed by atoms with Crippen molar-refractivity contribution in [2.75, 3.05) is 0 Å². The molecule has 0 aliphatic carbocycles. The molecule has 1 heterocycles. The summed E-state index contributed by atoms with van der Waals surface area (Å²) in [6, 6.07) is 39.9. The molecule has 166 valence electrons. The fourth-order valence-electron chi connectivity index (χ4n) is 4.47. The number of nitrogens with zero attached hydrogens (tertiary/aromatic N) is 4. The molecule has 0 saturated heterocycles. The molecule has 0 radical (unpaired) electrons. The lowest BCUT2D eigenvalue weighted by atomic mass is 10.2. The van der Waals surface area contributed by atoms with Gasteiger partial charge in [-0.25, -0.2) is 0 Å². The topological polar surface area (TPSA) is 86.7 Å². The molecule has 1 aromatic heterocycles. The van der Waals surface area contributed by atoms with Gasteiger partial charge in [-0.3, -0.25) is 4.79 Å². The Hall–Kier alpha value is -4.15. The molecule has 2 N–H and O–H groups in total. The monoisotopic (exact) mass is 464 g/mol. The van der Waals surface area contributed by atoms with Gasteiger partial charge in [0.2, 0.25) is 0 Å². The number of amides is 1. The van der Waals surface area contributed by atoms with E-state index in [0.717, 1.165) is 21.5 Å². The summed E-state index contributed by atoms with van der Waals surface area (Å²) in [6.45, 7) is 0. The molecule has 1 atom stereocenters. The molecule has 0 fully saturated rings. The minimum atomic E-state index is -2.71. The van der Waals surface area contributed by atoms with Gasteiger partial charge >= 0.3 is 0 Å². The SMILES string of the molecule is NC(=O)[C@H](n1nnnc1-c1ccccc1)[P+](c1ccccc1)(c1ccccc1)c1ccccc1. The highest BCUT2D eigenvalue weighted by Crippen LogP contribution is 2.65. The number of hydrogen-bond acceptors (Lipinski definition) is 4. The number of carbonyl (C=O) groups excluding carboxylic acids is 1. The number of carbonyl (C=O) groups is 1. The van der Waals surface area contributed by atoms with Gasteiger partial charge in [-0.15, -0.1) is 5.10 Å². The van der Waals surface area contributed by atoms with E-state index in [9.17, 15) is 4.79 Å². The van der Waals surface area contributed by atoms with E-state index in [0.29, 0.717) is 5.82 Å². The predicted octanol–water partition coefficient (Wildman–Crippen LogP) is 3.32. The third-order valence-corrected chi connectivity index (χ3v) is 10.4. The van der Waals surface area contributed by atoms with Crippen LogP contribution in [-0.2, 0) is 4.79 Å². The highest BCUT2D eigenvalue weighted by atomic mass is 31.2. The summed E-state index contributed by atoms with van der Waals surface area (Å²) in [5, 5.41) is 15.7. The van der Waals surface area contributed by atoms with Crippen LogP contribution in [0.3, 0.4) is 0 Å². The maximum atomic E-state index is 13.5. The molecule has 0 unspecified atom stereocenters. The third-order valence-electron chi connectivity index (χ3n) is 5.87. The number of hydrogen-bond donors (Lipinski definition) is 1. The van der Waals surface area contributed by atoms with E-state index in [1.165, 1.54) is 0 Å². The Bertz CT molecular complexity index is 1280. The maximum Gasteiger partial charge on any atom is 0.282 e. The van der Waals surface area contributed by atoms with E-state index >= 15 is 0 Å². The van der Waals surface area contributed by atoms with Crippen LogP contribution in [0, 0.1) is 0 Å². The van der Waals surface area contributed by atoms with Crippen molar-refractivity contribution in [3.05, 3.63) is 121 Å². The largest absolute Gasteiger partial charge is 0.364 e. The van der Waals surface area contributed by atoms with Crippen molar-refractivity contribution in [1.82, 2.24) is 20.2 Å². The number of benzene rings is 4. The fourth-order valence-corrected chi connectivity index (χ4v) is 9.01. The van der Waals surface area contributed by atoms with Crippen molar-refractivity contribution in [2.45, 2.75) is 5.78 Å². The quantitative estimate of drug-likeness (QED) is 0.375. The van der Waals surface area contributed by atoms with Crippen LogP contribution in [0.2, 0.25) is 0 Å². The normalized spacial score (nSPS) is 12.2. The van der Waals surface area contributed by atoms with E-state index in [-0.39, 0.29) is 0 Å². The van der Waals surface area contributed by atoms with Crippen LogP contribution in [0.4, 0.5) is 0 Å². The highest BCUT2D eigenvalue weighted by Gasteiger charge is 2.57. The number of primary amides is 1. The molecule has 5 aromatic rings. The zero-order valence-corrected chi connectivity index (χ0v) is 19.2. The second-order valence-electron chi connectivity index (χ2n) is 7.82. The van der Waals surface area contributed by atoms with Gasteiger partial charge in [-0.2, -0.15) is 4.68 Å². The summed E-state index contributed by atoms with van der Waals surface area (Å²) >= 11 is 0. The van der Waals surface area contributed by atoms with E-state index in [1.54, 1.807) is 4.68 Å². The van der Waals surface area contributed by atoms with Crippen LogP contribution in [0.25, 0.3) is 11.4 Å². The third kappa shape index (κ3) is 3.68. The van der Waals surface area contributed by atoms with Crippen LogP contribution in [0.15, 0.2) is 121 Å². The summed E-state index contributed by atoms with van der Waals surface area (Å²) in [4.78, 5) is 13.5. The first-order chi connectivity index (χ1) is 16.7. The number of tetrazole rings is 1. The predicted molar refractivity (Wildman–Crippen MR) is 137 cm³/mol. The van der Waals surface area contributed by atoms with Gasteiger partial charge in [0.1, 0.15) is 23.2 Å². The molecular weight excluding hydrogens is 441 g/mol. The van der Waals surface area contributed by atoms with E-state index in [2.05, 4.69) is 51.9 Å². The average molecular weight is 464 g/mol. The molecule has 6 nitrogen and oxygen atoms in total. The first-order valence-electron chi connectivity index (χ1n) is 10.9. The van der Waals surface area contributed by atoms with Crippen molar-refractivity contribution in [1.29, 1.82) is 0 Å². The second kappa shape index (κ2) is 9.38. The highest BCUT2D eigenvalue weighted by molar-refractivity contribution is 7.96. The van der Waals surface area contributed by atoms with Crippen LogP contribution in [-0.4, -0.2) is 26.1 Å². The lowest BCUT2D eigenvalue weighted by Crippen LogP contribution is -2.43. The first kappa shape index (κ1) is 21.7. The van der Waals surface area contributed by atoms with E-state index in [4.69, 9.17) is 5.73 Å². The van der Waals surface area contributed by atoms with Crippen molar-refractivity contribution in [3.8, 4) is 11.4 Å². The standard InChI is InChI=1S/C27H22N5OP/c28-25(33)27(32-26(29-30-31-32)21-13-5-1-6-14-21)34(22-15-7-2-8-16-22,23-17-9-3-10-18-23)24-19-11-4-12-20-24/h1-20,27H,(H-,28,33)/p+1/t27-/m1/s1. The molecule has 5 rings (SSSR count). The zero-order valence-electron chi connectivity index (χ0n) is 18.3. The van der Waals surface area contributed by atoms with Crippen LogP contribution in [0.1, 0.15) is 5.78 Å². The van der Waals surface area contributed by atoms with Crippen molar-refractivity contribution in [2.24, 2.45) is 5.73 Å². The Morgan fingerprint density at radius 2 is 1.09 bits per heavy atom. The Kier molecular flexibility index (Phi) is 5.98. The molecule has 0 spiro atoms. The van der Waals surface area contributed by atoms with E-state index < -0.39 is 19.0 Å². The Balaban J connectivity index is 1.89. The van der Waals surface area contributed by atoms with Crippen molar-refractivity contribution in [3.63, 3.8) is 0 Å². The van der Waals surface area contributed by atoms with E-state index in [1.807, 2.05) is 84.9 Å². The lowest BCUT2D eigenvalue weighted by Gasteiger charge is -2.32. The van der Waals surface area contributed by atoms with Crippen molar-refractivity contribution >= 4 is 29.1 Å².